The Kier molecular flexibility index (Phi) is 8.12. The van der Waals surface area contributed by atoms with E-state index in [1.54, 1.807) is 14.0 Å². The van der Waals surface area contributed by atoms with E-state index in [9.17, 15) is 9.59 Å². The summed E-state index contributed by atoms with van der Waals surface area (Å²) in [6.45, 7) is 2.35. The summed E-state index contributed by atoms with van der Waals surface area (Å²) in [6.07, 6.45) is 0. The fourth-order valence-corrected chi connectivity index (χ4v) is 1.43. The number of hydrogen-bond donors (Lipinski definition) is 2. The van der Waals surface area contributed by atoms with Gasteiger partial charge in [-0.25, -0.2) is 0 Å². The van der Waals surface area contributed by atoms with E-state index in [1.165, 1.54) is 11.8 Å². The Morgan fingerprint density at radius 3 is 2.73 bits per heavy atom. The highest BCUT2D eigenvalue weighted by molar-refractivity contribution is 7.99. The molecule has 1 atom stereocenters. The number of hydrogen-bond acceptors (Lipinski definition) is 4. The van der Waals surface area contributed by atoms with Gasteiger partial charge >= 0.3 is 5.97 Å². The number of carboxylic acid groups (broad SMARTS) is 1. The molecule has 0 rings (SSSR count). The second-order valence-corrected chi connectivity index (χ2v) is 4.19. The Morgan fingerprint density at radius 1 is 1.53 bits per heavy atom. The maximum atomic E-state index is 11.2. The first-order chi connectivity index (χ1) is 7.07. The SMILES string of the molecule is COCCSCC(=O)NCC(C)C(=O)O. The van der Waals surface area contributed by atoms with Gasteiger partial charge in [-0.3, -0.25) is 9.59 Å². The van der Waals surface area contributed by atoms with Gasteiger partial charge in [-0.05, 0) is 0 Å². The number of carboxylic acids is 1. The maximum absolute atomic E-state index is 11.2. The molecular weight excluding hydrogens is 218 g/mol. The zero-order valence-corrected chi connectivity index (χ0v) is 9.80. The summed E-state index contributed by atoms with van der Waals surface area (Å²) in [5.41, 5.74) is 0. The largest absolute Gasteiger partial charge is 0.481 e. The molecule has 0 aliphatic heterocycles. The van der Waals surface area contributed by atoms with Gasteiger partial charge in [0.2, 0.25) is 5.91 Å². The van der Waals surface area contributed by atoms with Crippen molar-refractivity contribution >= 4 is 23.6 Å². The molecular formula is C9H17NO4S. The van der Waals surface area contributed by atoms with Crippen LogP contribution in [0.15, 0.2) is 0 Å². The molecule has 0 aromatic rings. The normalized spacial score (nSPS) is 12.1. The van der Waals surface area contributed by atoms with Crippen LogP contribution in [0.3, 0.4) is 0 Å². The van der Waals surface area contributed by atoms with Gasteiger partial charge in [-0.1, -0.05) is 6.92 Å². The molecule has 1 amide bonds. The Morgan fingerprint density at radius 2 is 2.20 bits per heavy atom. The predicted octanol–water partition coefficient (Wildman–Crippen LogP) is 0.203. The monoisotopic (exact) mass is 235 g/mol. The highest BCUT2D eigenvalue weighted by Gasteiger charge is 2.11. The van der Waals surface area contributed by atoms with Crippen molar-refractivity contribution < 1.29 is 19.4 Å². The van der Waals surface area contributed by atoms with Gasteiger partial charge < -0.3 is 15.2 Å². The van der Waals surface area contributed by atoms with Crippen molar-refractivity contribution in [2.45, 2.75) is 6.92 Å². The molecule has 0 heterocycles. The van der Waals surface area contributed by atoms with Crippen molar-refractivity contribution in [3.63, 3.8) is 0 Å². The van der Waals surface area contributed by atoms with Crippen LogP contribution in [0.5, 0.6) is 0 Å². The number of carbonyl (C=O) groups excluding carboxylic acids is 1. The van der Waals surface area contributed by atoms with Crippen LogP contribution >= 0.6 is 11.8 Å². The van der Waals surface area contributed by atoms with Gasteiger partial charge in [0.05, 0.1) is 18.3 Å². The molecule has 0 aliphatic rings. The Hall–Kier alpha value is -0.750. The summed E-state index contributed by atoms with van der Waals surface area (Å²) in [7, 11) is 1.61. The lowest BCUT2D eigenvalue weighted by molar-refractivity contribution is -0.141. The van der Waals surface area contributed by atoms with Crippen molar-refractivity contribution in [1.82, 2.24) is 5.32 Å². The van der Waals surface area contributed by atoms with E-state index in [2.05, 4.69) is 5.32 Å². The van der Waals surface area contributed by atoms with E-state index in [4.69, 9.17) is 9.84 Å². The summed E-state index contributed by atoms with van der Waals surface area (Å²) in [5.74, 6) is -0.474. The second kappa shape index (κ2) is 8.55. The van der Waals surface area contributed by atoms with Crippen LogP contribution in [0.1, 0.15) is 6.92 Å². The zero-order chi connectivity index (χ0) is 11.7. The molecule has 0 radical (unpaired) electrons. The molecule has 0 saturated heterocycles. The molecule has 6 heteroatoms. The Labute approximate surface area is 93.6 Å². The summed E-state index contributed by atoms with van der Waals surface area (Å²) < 4.78 is 4.82. The van der Waals surface area contributed by atoms with Crippen molar-refractivity contribution in [2.24, 2.45) is 5.92 Å². The maximum Gasteiger partial charge on any atom is 0.308 e. The van der Waals surface area contributed by atoms with Crippen LogP contribution in [0, 0.1) is 5.92 Å². The zero-order valence-electron chi connectivity index (χ0n) is 8.99. The number of amides is 1. The minimum absolute atomic E-state index is 0.135. The quantitative estimate of drug-likeness (QED) is 0.588. The molecule has 0 saturated carbocycles. The van der Waals surface area contributed by atoms with Gasteiger partial charge in [0, 0.05) is 19.4 Å². The van der Waals surface area contributed by atoms with Gasteiger partial charge in [0.15, 0.2) is 0 Å². The fraction of sp³-hybridized carbons (Fsp3) is 0.778. The van der Waals surface area contributed by atoms with E-state index in [0.717, 1.165) is 5.75 Å². The third-order valence-corrected chi connectivity index (χ3v) is 2.61. The van der Waals surface area contributed by atoms with E-state index in [0.29, 0.717) is 12.4 Å². The number of rotatable bonds is 8. The molecule has 5 nitrogen and oxygen atoms in total. The fourth-order valence-electron chi connectivity index (χ4n) is 0.712. The van der Waals surface area contributed by atoms with Crippen LogP contribution < -0.4 is 5.32 Å². The van der Waals surface area contributed by atoms with Crippen molar-refractivity contribution in [1.29, 1.82) is 0 Å². The number of ether oxygens (including phenoxy) is 1. The molecule has 0 aliphatic carbocycles. The first-order valence-electron chi connectivity index (χ1n) is 4.64. The lowest BCUT2D eigenvalue weighted by Crippen LogP contribution is -2.32. The van der Waals surface area contributed by atoms with Crippen LogP contribution in [0.25, 0.3) is 0 Å². The van der Waals surface area contributed by atoms with Crippen LogP contribution in [0.4, 0.5) is 0 Å². The molecule has 15 heavy (non-hydrogen) atoms. The number of carbonyl (C=O) groups is 2. The Bertz CT molecular complexity index is 210. The molecule has 0 aromatic carbocycles. The number of methoxy groups -OCH3 is 1. The van der Waals surface area contributed by atoms with E-state index in [-0.39, 0.29) is 12.5 Å². The minimum Gasteiger partial charge on any atom is -0.481 e. The molecule has 88 valence electrons. The summed E-state index contributed by atoms with van der Waals surface area (Å²) >= 11 is 1.46. The number of thioether (sulfide) groups is 1. The first-order valence-corrected chi connectivity index (χ1v) is 5.79. The second-order valence-electron chi connectivity index (χ2n) is 3.09. The van der Waals surface area contributed by atoms with E-state index in [1.807, 2.05) is 0 Å². The summed E-state index contributed by atoms with van der Waals surface area (Å²) in [6, 6.07) is 0. The van der Waals surface area contributed by atoms with Crippen LogP contribution in [0.2, 0.25) is 0 Å². The van der Waals surface area contributed by atoms with Gasteiger partial charge in [-0.2, -0.15) is 0 Å². The van der Waals surface area contributed by atoms with E-state index < -0.39 is 11.9 Å². The van der Waals surface area contributed by atoms with Gasteiger partial charge in [0.1, 0.15) is 0 Å². The van der Waals surface area contributed by atoms with Crippen LogP contribution in [-0.4, -0.2) is 48.8 Å². The minimum atomic E-state index is -0.901. The predicted molar refractivity (Wildman–Crippen MR) is 59.0 cm³/mol. The molecule has 2 N–H and O–H groups in total. The lowest BCUT2D eigenvalue weighted by atomic mass is 10.2. The van der Waals surface area contributed by atoms with Gasteiger partial charge in [0.25, 0.3) is 0 Å². The molecule has 0 aromatic heterocycles. The number of aliphatic carboxylic acids is 1. The van der Waals surface area contributed by atoms with E-state index >= 15 is 0 Å². The first kappa shape index (κ1) is 14.2. The van der Waals surface area contributed by atoms with Crippen molar-refractivity contribution in [3.8, 4) is 0 Å². The molecule has 0 fully saturated rings. The van der Waals surface area contributed by atoms with Gasteiger partial charge in [-0.15, -0.1) is 11.8 Å². The van der Waals surface area contributed by atoms with Crippen molar-refractivity contribution in [3.05, 3.63) is 0 Å². The lowest BCUT2D eigenvalue weighted by Gasteiger charge is -2.07. The standard InChI is InChI=1S/C9H17NO4S/c1-7(9(12)13)5-10-8(11)6-15-4-3-14-2/h7H,3-6H2,1-2H3,(H,10,11)(H,12,13). The summed E-state index contributed by atoms with van der Waals surface area (Å²) in [5, 5.41) is 11.1. The van der Waals surface area contributed by atoms with Crippen LogP contribution in [-0.2, 0) is 14.3 Å². The Balaban J connectivity index is 3.45. The topological polar surface area (TPSA) is 75.6 Å². The summed E-state index contributed by atoms with van der Waals surface area (Å²) in [4.78, 5) is 21.6. The molecule has 1 unspecified atom stereocenters. The third kappa shape index (κ3) is 8.26. The average Bonchev–Trinajstić information content (AvgIpc) is 2.20. The third-order valence-electron chi connectivity index (χ3n) is 1.69. The molecule has 0 spiro atoms. The number of nitrogens with one attached hydrogen (secondary N) is 1. The van der Waals surface area contributed by atoms with Crippen molar-refractivity contribution in [2.75, 3.05) is 31.8 Å². The highest BCUT2D eigenvalue weighted by Crippen LogP contribution is 1.99. The smallest absolute Gasteiger partial charge is 0.308 e. The highest BCUT2D eigenvalue weighted by atomic mass is 32.2. The average molecular weight is 235 g/mol. The molecule has 0 bridgehead atoms.